The molecule has 1 fully saturated rings. The van der Waals surface area contributed by atoms with Crippen LogP contribution in [0, 0.1) is 0 Å². The first-order valence-electron chi connectivity index (χ1n) is 4.64. The molecule has 1 aromatic heterocycles. The van der Waals surface area contributed by atoms with E-state index < -0.39 is 0 Å². The van der Waals surface area contributed by atoms with Crippen LogP contribution in [-0.4, -0.2) is 38.7 Å². The number of carbonyl (C=O) groups excluding carboxylic acids is 1. The molecule has 2 heterocycles. The molecule has 0 amide bonds. The summed E-state index contributed by atoms with van der Waals surface area (Å²) >= 11 is 0. The van der Waals surface area contributed by atoms with Crippen LogP contribution in [0.25, 0.3) is 0 Å². The standard InChI is InChI=1S/C8H12N4O2/c1-12-10-8(9-11-12)7(13)5-6-3-2-4-14-6/h6H,2-5H2,1H3. The van der Waals surface area contributed by atoms with Crippen LogP contribution in [0.15, 0.2) is 0 Å². The van der Waals surface area contributed by atoms with Crippen molar-refractivity contribution in [1.82, 2.24) is 20.2 Å². The highest BCUT2D eigenvalue weighted by molar-refractivity contribution is 5.92. The lowest BCUT2D eigenvalue weighted by atomic mass is 10.1. The second-order valence-corrected chi connectivity index (χ2v) is 3.36. The first-order valence-corrected chi connectivity index (χ1v) is 4.64. The van der Waals surface area contributed by atoms with Crippen molar-refractivity contribution in [3.05, 3.63) is 5.82 Å². The van der Waals surface area contributed by atoms with Crippen LogP contribution in [0.3, 0.4) is 0 Å². The Balaban J connectivity index is 1.95. The zero-order valence-corrected chi connectivity index (χ0v) is 8.01. The van der Waals surface area contributed by atoms with Crippen molar-refractivity contribution in [2.75, 3.05) is 6.61 Å². The van der Waals surface area contributed by atoms with Crippen molar-refractivity contribution in [1.29, 1.82) is 0 Å². The number of ether oxygens (including phenoxy) is 1. The fourth-order valence-electron chi connectivity index (χ4n) is 1.50. The van der Waals surface area contributed by atoms with Crippen LogP contribution in [0.4, 0.5) is 0 Å². The number of Topliss-reactive ketones (excluding diaryl/α,β-unsaturated/α-hetero) is 1. The van der Waals surface area contributed by atoms with Gasteiger partial charge in [-0.1, -0.05) is 0 Å². The van der Waals surface area contributed by atoms with E-state index in [4.69, 9.17) is 4.74 Å². The summed E-state index contributed by atoms with van der Waals surface area (Å²) in [7, 11) is 1.63. The maximum absolute atomic E-state index is 11.6. The molecular weight excluding hydrogens is 184 g/mol. The molecule has 0 N–H and O–H groups in total. The Morgan fingerprint density at radius 2 is 2.57 bits per heavy atom. The monoisotopic (exact) mass is 196 g/mol. The third-order valence-electron chi connectivity index (χ3n) is 2.19. The van der Waals surface area contributed by atoms with E-state index in [1.807, 2.05) is 0 Å². The van der Waals surface area contributed by atoms with Crippen LogP contribution < -0.4 is 0 Å². The van der Waals surface area contributed by atoms with Crippen molar-refractivity contribution in [2.45, 2.75) is 25.4 Å². The highest BCUT2D eigenvalue weighted by atomic mass is 16.5. The quantitative estimate of drug-likeness (QED) is 0.634. The van der Waals surface area contributed by atoms with E-state index in [1.54, 1.807) is 7.05 Å². The molecule has 0 radical (unpaired) electrons. The van der Waals surface area contributed by atoms with Gasteiger partial charge in [0.05, 0.1) is 13.2 Å². The van der Waals surface area contributed by atoms with Gasteiger partial charge in [0, 0.05) is 13.0 Å². The summed E-state index contributed by atoms with van der Waals surface area (Å²) in [5.74, 6) is 0.0907. The minimum Gasteiger partial charge on any atom is -0.378 e. The molecule has 1 atom stereocenters. The number of aromatic nitrogens is 4. The number of hydrogen-bond acceptors (Lipinski definition) is 5. The second-order valence-electron chi connectivity index (χ2n) is 3.36. The third kappa shape index (κ3) is 1.95. The number of nitrogens with zero attached hydrogens (tertiary/aromatic N) is 4. The first kappa shape index (κ1) is 9.26. The Kier molecular flexibility index (Phi) is 2.53. The average molecular weight is 196 g/mol. The fourth-order valence-corrected chi connectivity index (χ4v) is 1.50. The van der Waals surface area contributed by atoms with Crippen molar-refractivity contribution in [3.8, 4) is 0 Å². The number of ketones is 1. The Hall–Kier alpha value is -1.30. The molecule has 76 valence electrons. The molecule has 0 aliphatic carbocycles. The summed E-state index contributed by atoms with van der Waals surface area (Å²) < 4.78 is 5.35. The smallest absolute Gasteiger partial charge is 0.240 e. The molecule has 0 aromatic carbocycles. The van der Waals surface area contributed by atoms with E-state index >= 15 is 0 Å². The van der Waals surface area contributed by atoms with Crippen LogP contribution in [0.2, 0.25) is 0 Å². The number of hydrogen-bond donors (Lipinski definition) is 0. The molecule has 1 aliphatic rings. The molecule has 1 aliphatic heterocycles. The molecule has 0 spiro atoms. The van der Waals surface area contributed by atoms with Crippen molar-refractivity contribution in [3.63, 3.8) is 0 Å². The number of aryl methyl sites for hydroxylation is 1. The van der Waals surface area contributed by atoms with Crippen LogP contribution in [-0.2, 0) is 11.8 Å². The summed E-state index contributed by atoms with van der Waals surface area (Å²) in [6.45, 7) is 0.756. The molecule has 6 heteroatoms. The zero-order chi connectivity index (χ0) is 9.97. The van der Waals surface area contributed by atoms with Gasteiger partial charge >= 0.3 is 0 Å². The van der Waals surface area contributed by atoms with Crippen molar-refractivity contribution in [2.24, 2.45) is 7.05 Å². The van der Waals surface area contributed by atoms with Gasteiger partial charge in [0.1, 0.15) is 0 Å². The van der Waals surface area contributed by atoms with Gasteiger partial charge < -0.3 is 4.74 Å². The van der Waals surface area contributed by atoms with Gasteiger partial charge in [0.15, 0.2) is 0 Å². The minimum atomic E-state index is -0.0926. The third-order valence-corrected chi connectivity index (χ3v) is 2.19. The molecule has 0 bridgehead atoms. The Morgan fingerprint density at radius 1 is 1.71 bits per heavy atom. The van der Waals surface area contributed by atoms with Gasteiger partial charge in [-0.25, -0.2) is 0 Å². The van der Waals surface area contributed by atoms with Crippen LogP contribution >= 0.6 is 0 Å². The molecular formula is C8H12N4O2. The lowest BCUT2D eigenvalue weighted by Gasteiger charge is -2.04. The van der Waals surface area contributed by atoms with Gasteiger partial charge in [-0.2, -0.15) is 4.80 Å². The van der Waals surface area contributed by atoms with Gasteiger partial charge in [0.2, 0.25) is 11.6 Å². The summed E-state index contributed by atoms with van der Waals surface area (Å²) in [4.78, 5) is 12.8. The molecule has 14 heavy (non-hydrogen) atoms. The summed E-state index contributed by atoms with van der Waals surface area (Å²) in [5.41, 5.74) is 0. The lowest BCUT2D eigenvalue weighted by molar-refractivity contribution is 0.0767. The molecule has 1 aromatic rings. The van der Waals surface area contributed by atoms with E-state index in [0.29, 0.717) is 6.42 Å². The van der Waals surface area contributed by atoms with Crippen LogP contribution in [0.5, 0.6) is 0 Å². The normalized spacial score (nSPS) is 21.4. The van der Waals surface area contributed by atoms with Gasteiger partial charge in [-0.3, -0.25) is 4.79 Å². The Labute approximate surface area is 81.2 Å². The van der Waals surface area contributed by atoms with Crippen molar-refractivity contribution < 1.29 is 9.53 Å². The largest absolute Gasteiger partial charge is 0.378 e. The van der Waals surface area contributed by atoms with E-state index in [-0.39, 0.29) is 17.7 Å². The number of tetrazole rings is 1. The highest BCUT2D eigenvalue weighted by Crippen LogP contribution is 2.16. The topological polar surface area (TPSA) is 69.9 Å². The van der Waals surface area contributed by atoms with Crippen molar-refractivity contribution >= 4 is 5.78 Å². The fraction of sp³-hybridized carbons (Fsp3) is 0.750. The summed E-state index contributed by atoms with van der Waals surface area (Å²) in [6, 6.07) is 0. The molecule has 1 unspecified atom stereocenters. The minimum absolute atomic E-state index is 0.0475. The molecule has 1 saturated heterocycles. The van der Waals surface area contributed by atoms with E-state index in [2.05, 4.69) is 15.4 Å². The predicted octanol–water partition coefficient (Wildman–Crippen LogP) is -0.0381. The first-order chi connectivity index (χ1) is 6.75. The summed E-state index contributed by atoms with van der Waals surface area (Å²) in [6.07, 6.45) is 2.40. The zero-order valence-electron chi connectivity index (χ0n) is 8.01. The van der Waals surface area contributed by atoms with E-state index in [1.165, 1.54) is 4.80 Å². The van der Waals surface area contributed by atoms with E-state index in [0.717, 1.165) is 19.4 Å². The van der Waals surface area contributed by atoms with Gasteiger partial charge in [-0.05, 0) is 18.1 Å². The summed E-state index contributed by atoms with van der Waals surface area (Å²) in [5, 5.41) is 11.1. The molecule has 6 nitrogen and oxygen atoms in total. The van der Waals surface area contributed by atoms with Gasteiger partial charge in [-0.15, -0.1) is 10.2 Å². The Bertz CT molecular complexity index is 330. The van der Waals surface area contributed by atoms with E-state index in [9.17, 15) is 4.79 Å². The lowest BCUT2D eigenvalue weighted by Crippen LogP contribution is -2.14. The molecule has 0 saturated carbocycles. The van der Waals surface area contributed by atoms with Crippen LogP contribution in [0.1, 0.15) is 29.9 Å². The molecule has 2 rings (SSSR count). The highest BCUT2D eigenvalue weighted by Gasteiger charge is 2.22. The second kappa shape index (κ2) is 3.83. The number of rotatable bonds is 3. The maximum Gasteiger partial charge on any atom is 0.240 e. The average Bonchev–Trinajstić information content (AvgIpc) is 2.75. The number of carbonyl (C=O) groups is 1. The SMILES string of the molecule is Cn1nnc(C(=O)CC2CCCO2)n1. The Morgan fingerprint density at radius 3 is 3.14 bits per heavy atom. The van der Waals surface area contributed by atoms with Gasteiger partial charge in [0.25, 0.3) is 0 Å². The predicted molar refractivity (Wildman–Crippen MR) is 46.7 cm³/mol. The maximum atomic E-state index is 11.6.